The van der Waals surface area contributed by atoms with Gasteiger partial charge in [-0.2, -0.15) is 0 Å². The van der Waals surface area contributed by atoms with Gasteiger partial charge in [-0.3, -0.25) is 0 Å². The van der Waals surface area contributed by atoms with Crippen LogP contribution in [0.1, 0.15) is 0 Å². The number of sulfonamides is 1. The minimum atomic E-state index is -3.92. The van der Waals surface area contributed by atoms with E-state index in [1.54, 1.807) is 0 Å². The number of nitrogens with two attached hydrogens (primary N) is 2. The van der Waals surface area contributed by atoms with E-state index in [4.69, 9.17) is 10.9 Å². The number of primary sulfonamides is 1. The molecule has 0 aliphatic rings. The van der Waals surface area contributed by atoms with Crippen LogP contribution < -0.4 is 10.9 Å². The summed E-state index contributed by atoms with van der Waals surface area (Å²) >= 11 is 0. The molecule has 1 aromatic rings. The minimum Gasteiger partial charge on any atom is -0.395 e. The molecule has 0 spiro atoms. The van der Waals surface area contributed by atoms with Crippen molar-refractivity contribution in [3.8, 4) is 0 Å². The van der Waals surface area contributed by atoms with Gasteiger partial charge < -0.3 is 5.73 Å². The van der Waals surface area contributed by atoms with Gasteiger partial charge in [-0.1, -0.05) is 6.07 Å². The molecule has 0 saturated carbocycles. The smallest absolute Gasteiger partial charge is 0.240 e. The fraction of sp³-hybridized carbons (Fsp3) is 0. The summed E-state index contributed by atoms with van der Waals surface area (Å²) in [5, 5.41) is 4.75. The molecule has 0 amide bonds. The van der Waals surface area contributed by atoms with Gasteiger partial charge in [-0.15, -0.1) is 0 Å². The lowest BCUT2D eigenvalue weighted by Crippen LogP contribution is -2.14. The highest BCUT2D eigenvalue weighted by Gasteiger charge is 2.13. The van der Waals surface area contributed by atoms with E-state index in [-0.39, 0.29) is 4.90 Å². The van der Waals surface area contributed by atoms with Crippen LogP contribution in [0.3, 0.4) is 0 Å². The highest BCUT2D eigenvalue weighted by molar-refractivity contribution is 7.89. The summed E-state index contributed by atoms with van der Waals surface area (Å²) in [4.78, 5) is -0.387. The van der Waals surface area contributed by atoms with Gasteiger partial charge in [0.1, 0.15) is 10.7 Å². The van der Waals surface area contributed by atoms with Crippen LogP contribution in [0.5, 0.6) is 0 Å². The van der Waals surface area contributed by atoms with Crippen molar-refractivity contribution >= 4 is 15.7 Å². The fourth-order valence-electron chi connectivity index (χ4n) is 0.765. The third kappa shape index (κ3) is 1.54. The van der Waals surface area contributed by atoms with Crippen molar-refractivity contribution in [2.45, 2.75) is 4.90 Å². The van der Waals surface area contributed by atoms with Crippen molar-refractivity contribution in [1.29, 1.82) is 0 Å². The first kappa shape index (κ1) is 8.95. The number of halogens is 1. The monoisotopic (exact) mass is 190 g/mol. The van der Waals surface area contributed by atoms with Crippen LogP contribution in [0.25, 0.3) is 0 Å². The molecule has 0 radical (unpaired) electrons. The lowest BCUT2D eigenvalue weighted by Gasteiger charge is -2.02. The molecule has 0 aliphatic heterocycles. The highest BCUT2D eigenvalue weighted by atomic mass is 32.2. The average Bonchev–Trinajstić information content (AvgIpc) is 1.92. The molecular formula is C6H7FN2O2S. The van der Waals surface area contributed by atoms with Crippen molar-refractivity contribution < 1.29 is 12.8 Å². The van der Waals surface area contributed by atoms with Crippen molar-refractivity contribution in [3.05, 3.63) is 24.0 Å². The maximum absolute atomic E-state index is 12.7. The Morgan fingerprint density at radius 3 is 2.33 bits per heavy atom. The zero-order valence-corrected chi connectivity index (χ0v) is 6.81. The SMILES string of the molecule is Nc1c(F)cccc1S(N)(=O)=O. The standard InChI is InChI=1S/C6H7FN2O2S/c7-4-2-1-3-5(6(4)8)12(9,10)11/h1-3H,8H2,(H2,9,10,11). The molecule has 66 valence electrons. The second kappa shape index (κ2) is 2.72. The highest BCUT2D eigenvalue weighted by Crippen LogP contribution is 2.18. The Bertz CT molecular complexity index is 402. The maximum atomic E-state index is 12.7. The molecule has 0 atom stereocenters. The third-order valence-corrected chi connectivity index (χ3v) is 2.29. The van der Waals surface area contributed by atoms with Crippen LogP contribution in [-0.4, -0.2) is 8.42 Å². The van der Waals surface area contributed by atoms with Gasteiger partial charge in [0, 0.05) is 0 Å². The fourth-order valence-corrected chi connectivity index (χ4v) is 1.44. The molecule has 0 heterocycles. The van der Waals surface area contributed by atoms with Gasteiger partial charge in [0.25, 0.3) is 0 Å². The number of hydrogen-bond donors (Lipinski definition) is 2. The van der Waals surface area contributed by atoms with Gasteiger partial charge in [0.05, 0.1) is 5.69 Å². The molecule has 6 heteroatoms. The summed E-state index contributed by atoms with van der Waals surface area (Å²) in [6.45, 7) is 0. The predicted molar refractivity (Wildman–Crippen MR) is 42.2 cm³/mol. The Morgan fingerprint density at radius 1 is 1.33 bits per heavy atom. The minimum absolute atomic E-state index is 0.387. The molecule has 0 saturated heterocycles. The summed E-state index contributed by atoms with van der Waals surface area (Å²) in [6, 6.07) is 3.43. The summed E-state index contributed by atoms with van der Waals surface area (Å²) in [6.07, 6.45) is 0. The second-order valence-corrected chi connectivity index (χ2v) is 3.73. The van der Waals surface area contributed by atoms with Gasteiger partial charge in [0.2, 0.25) is 10.0 Å². The number of para-hydroxylation sites is 1. The van der Waals surface area contributed by atoms with Crippen molar-refractivity contribution in [2.24, 2.45) is 5.14 Å². The van der Waals surface area contributed by atoms with Gasteiger partial charge in [-0.05, 0) is 12.1 Å². The van der Waals surface area contributed by atoms with Crippen molar-refractivity contribution in [2.75, 3.05) is 5.73 Å². The molecule has 0 unspecified atom stereocenters. The third-order valence-electron chi connectivity index (χ3n) is 1.32. The molecule has 1 aromatic carbocycles. The lowest BCUT2D eigenvalue weighted by molar-refractivity contribution is 0.594. The maximum Gasteiger partial charge on any atom is 0.240 e. The van der Waals surface area contributed by atoms with E-state index in [2.05, 4.69) is 0 Å². The Labute approximate surface area is 69.0 Å². The van der Waals surface area contributed by atoms with E-state index in [9.17, 15) is 12.8 Å². The molecule has 4 nitrogen and oxygen atoms in total. The Morgan fingerprint density at radius 2 is 1.92 bits per heavy atom. The van der Waals surface area contributed by atoms with E-state index in [0.29, 0.717) is 0 Å². The van der Waals surface area contributed by atoms with Crippen LogP contribution in [0.4, 0.5) is 10.1 Å². The number of anilines is 1. The van der Waals surface area contributed by atoms with E-state index < -0.39 is 21.5 Å². The van der Waals surface area contributed by atoms with Crippen LogP contribution in [-0.2, 0) is 10.0 Å². The molecule has 0 fully saturated rings. The Balaban J connectivity index is 3.47. The predicted octanol–water partition coefficient (Wildman–Crippen LogP) is 0.0553. The molecule has 0 bridgehead atoms. The molecule has 1 rings (SSSR count). The number of rotatable bonds is 1. The van der Waals surface area contributed by atoms with Crippen LogP contribution in [0.15, 0.2) is 23.1 Å². The summed E-state index contributed by atoms with van der Waals surface area (Å²) < 4.78 is 34.1. The van der Waals surface area contributed by atoms with Crippen molar-refractivity contribution in [1.82, 2.24) is 0 Å². The number of benzene rings is 1. The Hall–Kier alpha value is -1.14. The summed E-state index contributed by atoms with van der Waals surface area (Å²) in [5.74, 6) is -0.790. The van der Waals surface area contributed by atoms with E-state index in [0.717, 1.165) is 12.1 Å². The normalized spacial score (nSPS) is 11.5. The first-order valence-electron chi connectivity index (χ1n) is 2.99. The van der Waals surface area contributed by atoms with E-state index in [1.807, 2.05) is 0 Å². The molecule has 4 N–H and O–H groups in total. The van der Waals surface area contributed by atoms with Crippen LogP contribution >= 0.6 is 0 Å². The largest absolute Gasteiger partial charge is 0.395 e. The first-order chi connectivity index (χ1) is 5.43. The summed E-state index contributed by atoms with van der Waals surface area (Å²) in [7, 11) is -3.92. The zero-order chi connectivity index (χ0) is 9.35. The molecule has 12 heavy (non-hydrogen) atoms. The van der Waals surface area contributed by atoms with Crippen molar-refractivity contribution in [3.63, 3.8) is 0 Å². The molecule has 0 aromatic heterocycles. The quantitative estimate of drug-likeness (QED) is 0.614. The van der Waals surface area contributed by atoms with Gasteiger partial charge >= 0.3 is 0 Å². The molecule has 0 aliphatic carbocycles. The van der Waals surface area contributed by atoms with Crippen LogP contribution in [0.2, 0.25) is 0 Å². The van der Waals surface area contributed by atoms with Gasteiger partial charge in [-0.25, -0.2) is 17.9 Å². The second-order valence-electron chi connectivity index (χ2n) is 2.20. The number of nitrogen functional groups attached to an aromatic ring is 1. The lowest BCUT2D eigenvalue weighted by atomic mass is 10.3. The first-order valence-corrected chi connectivity index (χ1v) is 4.54. The van der Waals surface area contributed by atoms with E-state index in [1.165, 1.54) is 6.07 Å². The average molecular weight is 190 g/mol. The van der Waals surface area contributed by atoms with Gasteiger partial charge in [0.15, 0.2) is 0 Å². The zero-order valence-electron chi connectivity index (χ0n) is 5.99. The topological polar surface area (TPSA) is 86.2 Å². The van der Waals surface area contributed by atoms with Crippen LogP contribution in [0, 0.1) is 5.82 Å². The molecular weight excluding hydrogens is 183 g/mol. The number of hydrogen-bond acceptors (Lipinski definition) is 3. The Kier molecular flexibility index (Phi) is 2.03. The summed E-state index contributed by atoms with van der Waals surface area (Å²) in [5.41, 5.74) is 4.69. The van der Waals surface area contributed by atoms with E-state index >= 15 is 0 Å².